The number of nitrogens with zero attached hydrogens (tertiary/aromatic N) is 1. The van der Waals surface area contributed by atoms with E-state index < -0.39 is 10.9 Å². The molecule has 98 valence electrons. The first-order valence-corrected chi connectivity index (χ1v) is 5.72. The van der Waals surface area contributed by atoms with Crippen molar-refractivity contribution in [3.8, 4) is 11.7 Å². The van der Waals surface area contributed by atoms with E-state index in [1.165, 1.54) is 24.3 Å². The van der Waals surface area contributed by atoms with E-state index in [1.54, 1.807) is 6.07 Å². The SMILES string of the molecule is O=C(O)c1ccc(Oc2c(Br)cccc2[N+](=O)[O-])o1. The molecule has 0 unspecified atom stereocenters. The van der Waals surface area contributed by atoms with Crippen LogP contribution in [0.15, 0.2) is 39.2 Å². The summed E-state index contributed by atoms with van der Waals surface area (Å²) in [5.74, 6) is -1.77. The third kappa shape index (κ3) is 2.74. The number of hydrogen-bond acceptors (Lipinski definition) is 5. The number of furan rings is 1. The van der Waals surface area contributed by atoms with Crippen molar-refractivity contribution in [2.75, 3.05) is 0 Å². The van der Waals surface area contributed by atoms with Crippen LogP contribution in [-0.2, 0) is 0 Å². The number of carboxylic acid groups (broad SMARTS) is 1. The van der Waals surface area contributed by atoms with E-state index in [1.807, 2.05) is 0 Å². The van der Waals surface area contributed by atoms with Gasteiger partial charge in [-0.2, -0.15) is 0 Å². The highest BCUT2D eigenvalue weighted by molar-refractivity contribution is 9.10. The molecule has 19 heavy (non-hydrogen) atoms. The van der Waals surface area contributed by atoms with E-state index in [9.17, 15) is 14.9 Å². The summed E-state index contributed by atoms with van der Waals surface area (Å²) in [4.78, 5) is 20.9. The van der Waals surface area contributed by atoms with Crippen molar-refractivity contribution in [3.63, 3.8) is 0 Å². The minimum absolute atomic E-state index is 0.0567. The van der Waals surface area contributed by atoms with Gasteiger partial charge in [0.1, 0.15) is 0 Å². The maximum absolute atomic E-state index is 10.9. The minimum Gasteiger partial charge on any atom is -0.475 e. The molecule has 0 amide bonds. The first-order chi connectivity index (χ1) is 8.99. The fourth-order valence-corrected chi connectivity index (χ4v) is 1.77. The number of para-hydroxylation sites is 1. The largest absolute Gasteiger partial charge is 0.475 e. The highest BCUT2D eigenvalue weighted by Crippen LogP contribution is 2.38. The van der Waals surface area contributed by atoms with Crippen LogP contribution in [0.1, 0.15) is 10.6 Å². The van der Waals surface area contributed by atoms with Gasteiger partial charge in [0.15, 0.2) is 0 Å². The lowest BCUT2D eigenvalue weighted by atomic mass is 10.3. The van der Waals surface area contributed by atoms with Crippen LogP contribution in [0.25, 0.3) is 0 Å². The van der Waals surface area contributed by atoms with E-state index in [-0.39, 0.29) is 23.1 Å². The lowest BCUT2D eigenvalue weighted by Gasteiger charge is -2.04. The molecule has 1 aromatic carbocycles. The Kier molecular flexibility index (Phi) is 3.52. The third-order valence-electron chi connectivity index (χ3n) is 2.14. The highest BCUT2D eigenvalue weighted by Gasteiger charge is 2.20. The van der Waals surface area contributed by atoms with E-state index in [0.29, 0.717) is 4.47 Å². The molecule has 2 aromatic rings. The standard InChI is InChI=1S/C11H6BrNO6/c12-6-2-1-3-7(13(16)17)10(6)19-9-5-4-8(18-9)11(14)15/h1-5H,(H,14,15). The summed E-state index contributed by atoms with van der Waals surface area (Å²) < 4.78 is 10.4. The fourth-order valence-electron chi connectivity index (χ4n) is 1.33. The number of nitro groups is 1. The van der Waals surface area contributed by atoms with Gasteiger partial charge in [-0.25, -0.2) is 4.79 Å². The van der Waals surface area contributed by atoms with Crippen LogP contribution in [0.5, 0.6) is 11.7 Å². The summed E-state index contributed by atoms with van der Waals surface area (Å²) in [7, 11) is 0. The van der Waals surface area contributed by atoms with Gasteiger partial charge in [0, 0.05) is 12.1 Å². The van der Waals surface area contributed by atoms with Crippen LogP contribution in [0, 0.1) is 10.1 Å². The maximum atomic E-state index is 10.9. The molecular formula is C11H6BrNO6. The summed E-state index contributed by atoms with van der Waals surface area (Å²) >= 11 is 3.12. The number of rotatable bonds is 4. The van der Waals surface area contributed by atoms with Gasteiger partial charge in [0.25, 0.3) is 5.95 Å². The van der Waals surface area contributed by atoms with E-state index in [0.717, 1.165) is 0 Å². The second-order valence-corrected chi connectivity index (χ2v) is 4.23. The van der Waals surface area contributed by atoms with Gasteiger partial charge in [-0.05, 0) is 28.1 Å². The number of hydrogen-bond donors (Lipinski definition) is 1. The number of nitro benzene ring substituents is 1. The van der Waals surface area contributed by atoms with Crippen LogP contribution in [0.3, 0.4) is 0 Å². The van der Waals surface area contributed by atoms with Gasteiger partial charge in [-0.1, -0.05) is 6.07 Å². The zero-order valence-corrected chi connectivity index (χ0v) is 10.8. The summed E-state index contributed by atoms with van der Waals surface area (Å²) in [6.07, 6.45) is 0. The Hall–Kier alpha value is -2.35. The van der Waals surface area contributed by atoms with Crippen molar-refractivity contribution < 1.29 is 24.0 Å². The van der Waals surface area contributed by atoms with Crippen molar-refractivity contribution in [1.82, 2.24) is 0 Å². The quantitative estimate of drug-likeness (QED) is 0.681. The van der Waals surface area contributed by atoms with Crippen LogP contribution >= 0.6 is 15.9 Å². The maximum Gasteiger partial charge on any atom is 0.371 e. The molecule has 0 fully saturated rings. The first-order valence-electron chi connectivity index (χ1n) is 4.93. The molecule has 0 aliphatic carbocycles. The van der Waals surface area contributed by atoms with E-state index in [2.05, 4.69) is 15.9 Å². The Labute approximate surface area is 114 Å². The molecule has 0 atom stereocenters. The monoisotopic (exact) mass is 327 g/mol. The average Bonchev–Trinajstić information content (AvgIpc) is 2.80. The molecule has 0 saturated heterocycles. The summed E-state index contributed by atoms with van der Waals surface area (Å²) in [5.41, 5.74) is -0.261. The zero-order valence-electron chi connectivity index (χ0n) is 9.20. The molecule has 0 aliphatic rings. The smallest absolute Gasteiger partial charge is 0.371 e. The Morgan fingerprint density at radius 1 is 1.37 bits per heavy atom. The second-order valence-electron chi connectivity index (χ2n) is 3.37. The molecule has 0 radical (unpaired) electrons. The molecule has 1 heterocycles. The minimum atomic E-state index is -1.25. The number of carboxylic acids is 1. The molecule has 0 spiro atoms. The summed E-state index contributed by atoms with van der Waals surface area (Å²) in [5, 5.41) is 19.6. The number of benzene rings is 1. The molecule has 0 aliphatic heterocycles. The van der Waals surface area contributed by atoms with Crippen LogP contribution in [-0.4, -0.2) is 16.0 Å². The molecule has 0 bridgehead atoms. The molecule has 2 rings (SSSR count). The van der Waals surface area contributed by atoms with Crippen LogP contribution in [0.4, 0.5) is 5.69 Å². The van der Waals surface area contributed by atoms with Crippen molar-refractivity contribution in [1.29, 1.82) is 0 Å². The Morgan fingerprint density at radius 2 is 2.11 bits per heavy atom. The third-order valence-corrected chi connectivity index (χ3v) is 2.76. The number of carbonyl (C=O) groups is 1. The van der Waals surface area contributed by atoms with Gasteiger partial charge in [0.2, 0.25) is 11.5 Å². The summed E-state index contributed by atoms with van der Waals surface area (Å²) in [6.45, 7) is 0. The van der Waals surface area contributed by atoms with Crippen molar-refractivity contribution in [3.05, 3.63) is 50.7 Å². The van der Waals surface area contributed by atoms with Crippen LogP contribution in [0.2, 0.25) is 0 Å². The molecule has 1 aromatic heterocycles. The molecule has 1 N–H and O–H groups in total. The normalized spacial score (nSPS) is 10.2. The van der Waals surface area contributed by atoms with Crippen molar-refractivity contribution in [2.45, 2.75) is 0 Å². The predicted octanol–water partition coefficient (Wildman–Crippen LogP) is 3.44. The van der Waals surface area contributed by atoms with Gasteiger partial charge < -0.3 is 14.3 Å². The Bertz CT molecular complexity index is 650. The number of halogens is 1. The van der Waals surface area contributed by atoms with Crippen molar-refractivity contribution >= 4 is 27.6 Å². The van der Waals surface area contributed by atoms with Gasteiger partial charge in [-0.15, -0.1) is 0 Å². The van der Waals surface area contributed by atoms with E-state index in [4.69, 9.17) is 14.3 Å². The number of aromatic carboxylic acids is 1. The zero-order chi connectivity index (χ0) is 14.0. The molecular weight excluding hydrogens is 322 g/mol. The average molecular weight is 328 g/mol. The van der Waals surface area contributed by atoms with Gasteiger partial charge in [0.05, 0.1) is 9.40 Å². The highest BCUT2D eigenvalue weighted by atomic mass is 79.9. The van der Waals surface area contributed by atoms with Gasteiger partial charge >= 0.3 is 11.7 Å². The predicted molar refractivity (Wildman–Crippen MR) is 66.5 cm³/mol. The lowest BCUT2D eigenvalue weighted by molar-refractivity contribution is -0.385. The van der Waals surface area contributed by atoms with Crippen molar-refractivity contribution in [2.24, 2.45) is 0 Å². The topological polar surface area (TPSA) is 103 Å². The fraction of sp³-hybridized carbons (Fsp3) is 0. The van der Waals surface area contributed by atoms with Gasteiger partial charge in [-0.3, -0.25) is 10.1 Å². The molecule has 8 heteroatoms. The molecule has 0 saturated carbocycles. The molecule has 7 nitrogen and oxygen atoms in total. The van der Waals surface area contributed by atoms with Crippen LogP contribution < -0.4 is 4.74 Å². The Morgan fingerprint density at radius 3 is 2.68 bits per heavy atom. The Balaban J connectivity index is 2.37. The van der Waals surface area contributed by atoms with E-state index >= 15 is 0 Å². The second kappa shape index (κ2) is 5.11. The first kappa shape index (κ1) is 13.1. The number of ether oxygens (including phenoxy) is 1. The summed E-state index contributed by atoms with van der Waals surface area (Å²) in [6, 6.07) is 6.78. The lowest BCUT2D eigenvalue weighted by Crippen LogP contribution is -1.94.